The Morgan fingerprint density at radius 1 is 0.972 bits per heavy atom. The van der Waals surface area contributed by atoms with Gasteiger partial charge in [0.2, 0.25) is 0 Å². The average molecular weight is 620 g/mol. The van der Waals surface area contributed by atoms with Crippen molar-refractivity contribution in [2.75, 3.05) is 5.32 Å². The van der Waals surface area contributed by atoms with Crippen molar-refractivity contribution in [2.45, 2.75) is 25.0 Å². The van der Waals surface area contributed by atoms with Gasteiger partial charge in [0.1, 0.15) is 17.6 Å². The minimum Gasteiger partial charge on any atom is -0.508 e. The van der Waals surface area contributed by atoms with E-state index in [4.69, 9.17) is 14.7 Å². The van der Waals surface area contributed by atoms with Gasteiger partial charge >= 0.3 is 6.09 Å². The number of amides is 2. The van der Waals surface area contributed by atoms with E-state index < -0.39 is 24.2 Å². The van der Waals surface area contributed by atoms with Crippen molar-refractivity contribution < 1.29 is 29.4 Å². The minimum atomic E-state index is -1.02. The SMILES string of the molecule is O=C(/C=C/CC[C@@H](Oc1ccccc1)[C@H](OC(=O)Nc1ccc(Br)cc1)c1cc(Br)ccc1O)NO. The van der Waals surface area contributed by atoms with Crippen LogP contribution in [0.3, 0.4) is 0 Å². The number of phenolic OH excluding ortho intramolecular Hbond substituents is 1. The highest BCUT2D eigenvalue weighted by Crippen LogP contribution is 2.35. The van der Waals surface area contributed by atoms with Crippen molar-refractivity contribution in [3.8, 4) is 11.5 Å². The zero-order valence-electron chi connectivity index (χ0n) is 18.9. The zero-order valence-corrected chi connectivity index (χ0v) is 22.1. The van der Waals surface area contributed by atoms with Crippen LogP contribution in [0.2, 0.25) is 0 Å². The molecule has 0 aliphatic rings. The second-order valence-corrected chi connectivity index (χ2v) is 9.42. The van der Waals surface area contributed by atoms with Crippen molar-refractivity contribution in [3.63, 3.8) is 0 Å². The fourth-order valence-corrected chi connectivity index (χ4v) is 3.97. The Morgan fingerprint density at radius 3 is 2.36 bits per heavy atom. The lowest BCUT2D eigenvalue weighted by Gasteiger charge is -2.28. The average Bonchev–Trinajstić information content (AvgIpc) is 2.88. The van der Waals surface area contributed by atoms with E-state index in [-0.39, 0.29) is 5.75 Å². The number of anilines is 1. The quantitative estimate of drug-likeness (QED) is 0.117. The van der Waals surface area contributed by atoms with Gasteiger partial charge in [0, 0.05) is 26.3 Å². The molecule has 36 heavy (non-hydrogen) atoms. The molecule has 188 valence electrons. The molecule has 0 fully saturated rings. The van der Waals surface area contributed by atoms with Crippen LogP contribution in [0.5, 0.6) is 11.5 Å². The van der Waals surface area contributed by atoms with Gasteiger partial charge in [0.15, 0.2) is 6.10 Å². The molecule has 0 aliphatic carbocycles. The topological polar surface area (TPSA) is 117 Å². The monoisotopic (exact) mass is 618 g/mol. The molecule has 3 rings (SSSR count). The van der Waals surface area contributed by atoms with Crippen LogP contribution in [0.15, 0.2) is 93.9 Å². The van der Waals surface area contributed by atoms with E-state index in [1.165, 1.54) is 17.6 Å². The molecule has 0 radical (unpaired) electrons. The molecule has 0 bridgehead atoms. The summed E-state index contributed by atoms with van der Waals surface area (Å²) in [6, 6.07) is 20.8. The van der Waals surface area contributed by atoms with Crippen LogP contribution in [0.1, 0.15) is 24.5 Å². The molecule has 0 saturated heterocycles. The molecule has 0 saturated carbocycles. The molecule has 3 aromatic carbocycles. The third-order valence-corrected chi connectivity index (χ3v) is 6.01. The van der Waals surface area contributed by atoms with Crippen LogP contribution >= 0.6 is 31.9 Å². The van der Waals surface area contributed by atoms with Gasteiger partial charge in [-0.1, -0.05) is 56.1 Å². The molecule has 3 aromatic rings. The highest BCUT2D eigenvalue weighted by molar-refractivity contribution is 9.10. The van der Waals surface area contributed by atoms with Crippen LogP contribution in [-0.2, 0) is 9.53 Å². The Balaban J connectivity index is 1.91. The standard InChI is InChI=1S/C26H24Br2N2O6/c27-17-10-13-19(14-11-17)29-26(33)36-25(21-16-18(28)12-15-22(21)31)23(8-4-5-9-24(32)30-34)35-20-6-2-1-3-7-20/h1-3,5-7,9-16,23,25,31,34H,4,8H2,(H,29,33)(H,30,32)/b9-5+/t23-,25-/m1/s1. The van der Waals surface area contributed by atoms with Crippen molar-refractivity contribution in [1.29, 1.82) is 0 Å². The summed E-state index contributed by atoms with van der Waals surface area (Å²) in [5.41, 5.74) is 2.40. The summed E-state index contributed by atoms with van der Waals surface area (Å²) in [5.74, 6) is -0.200. The number of allylic oxidation sites excluding steroid dienone is 1. The maximum Gasteiger partial charge on any atom is 0.412 e. The first-order valence-electron chi connectivity index (χ1n) is 10.9. The van der Waals surface area contributed by atoms with Crippen LogP contribution in [0.25, 0.3) is 0 Å². The number of para-hydroxylation sites is 1. The van der Waals surface area contributed by atoms with Gasteiger partial charge in [-0.05, 0) is 67.4 Å². The second-order valence-electron chi connectivity index (χ2n) is 7.59. The fourth-order valence-electron chi connectivity index (χ4n) is 3.32. The van der Waals surface area contributed by atoms with Crippen LogP contribution in [0, 0.1) is 0 Å². The Bertz CT molecular complexity index is 1190. The molecule has 8 nitrogen and oxygen atoms in total. The molecule has 10 heteroatoms. The van der Waals surface area contributed by atoms with Gasteiger partial charge < -0.3 is 14.6 Å². The van der Waals surface area contributed by atoms with E-state index in [1.54, 1.807) is 54.6 Å². The fraction of sp³-hybridized carbons (Fsp3) is 0.154. The number of carbonyl (C=O) groups is 2. The maximum atomic E-state index is 12.9. The number of aromatic hydroxyl groups is 1. The summed E-state index contributed by atoms with van der Waals surface area (Å²) in [6.07, 6.45) is 0.917. The molecule has 0 spiro atoms. The maximum absolute atomic E-state index is 12.9. The summed E-state index contributed by atoms with van der Waals surface area (Å²) >= 11 is 6.76. The smallest absolute Gasteiger partial charge is 0.412 e. The molecule has 4 N–H and O–H groups in total. The first kappa shape index (κ1) is 27.3. The lowest BCUT2D eigenvalue weighted by atomic mass is 9.99. The normalized spacial score (nSPS) is 12.5. The lowest BCUT2D eigenvalue weighted by molar-refractivity contribution is -0.124. The number of ether oxygens (including phenoxy) is 2. The number of rotatable bonds is 10. The summed E-state index contributed by atoms with van der Waals surface area (Å²) in [7, 11) is 0. The number of hydrogen-bond donors (Lipinski definition) is 4. The first-order chi connectivity index (χ1) is 17.4. The van der Waals surface area contributed by atoms with E-state index in [1.807, 2.05) is 18.2 Å². The second kappa shape index (κ2) is 13.7. The van der Waals surface area contributed by atoms with Crippen molar-refractivity contribution >= 4 is 49.5 Å². The summed E-state index contributed by atoms with van der Waals surface area (Å²) in [5, 5.41) is 22.0. The molecule has 0 aromatic heterocycles. The summed E-state index contributed by atoms with van der Waals surface area (Å²) in [4.78, 5) is 24.2. The van der Waals surface area contributed by atoms with Crippen LogP contribution in [0.4, 0.5) is 10.5 Å². The van der Waals surface area contributed by atoms with Crippen molar-refractivity contribution in [3.05, 3.63) is 99.5 Å². The van der Waals surface area contributed by atoms with Crippen LogP contribution < -0.4 is 15.5 Å². The summed E-state index contributed by atoms with van der Waals surface area (Å²) < 4.78 is 13.6. The minimum absolute atomic E-state index is 0.0727. The largest absolute Gasteiger partial charge is 0.508 e. The number of phenols is 1. The first-order valence-corrected chi connectivity index (χ1v) is 12.5. The molecule has 0 heterocycles. The summed E-state index contributed by atoms with van der Waals surface area (Å²) in [6.45, 7) is 0. The Labute approximate surface area is 225 Å². The van der Waals surface area contributed by atoms with Gasteiger partial charge in [0.25, 0.3) is 5.91 Å². The molecule has 2 amide bonds. The Kier molecular flexibility index (Phi) is 10.3. The highest BCUT2D eigenvalue weighted by atomic mass is 79.9. The molecular formula is C26H24Br2N2O6. The van der Waals surface area contributed by atoms with Gasteiger partial charge in [-0.15, -0.1) is 0 Å². The van der Waals surface area contributed by atoms with E-state index >= 15 is 0 Å². The van der Waals surface area contributed by atoms with E-state index in [2.05, 4.69) is 37.2 Å². The van der Waals surface area contributed by atoms with Crippen molar-refractivity contribution in [1.82, 2.24) is 5.48 Å². The predicted octanol–water partition coefficient (Wildman–Crippen LogP) is 6.50. The van der Waals surface area contributed by atoms with Gasteiger partial charge in [0.05, 0.1) is 0 Å². The van der Waals surface area contributed by atoms with E-state index in [0.717, 1.165) is 4.47 Å². The number of hydroxylamine groups is 1. The lowest BCUT2D eigenvalue weighted by Crippen LogP contribution is -2.31. The van der Waals surface area contributed by atoms with Gasteiger partial charge in [-0.3, -0.25) is 15.3 Å². The number of nitrogens with one attached hydrogen (secondary N) is 2. The third kappa shape index (κ3) is 8.40. The van der Waals surface area contributed by atoms with Crippen molar-refractivity contribution in [2.24, 2.45) is 0 Å². The Hall–Kier alpha value is -3.34. The van der Waals surface area contributed by atoms with Gasteiger partial charge in [-0.2, -0.15) is 0 Å². The number of halogens is 2. The Morgan fingerprint density at radius 2 is 1.67 bits per heavy atom. The van der Waals surface area contributed by atoms with E-state index in [0.29, 0.717) is 34.3 Å². The molecular weight excluding hydrogens is 596 g/mol. The number of carbonyl (C=O) groups excluding carboxylic acids is 2. The number of hydrogen-bond acceptors (Lipinski definition) is 6. The van der Waals surface area contributed by atoms with Gasteiger partial charge in [-0.25, -0.2) is 10.3 Å². The van der Waals surface area contributed by atoms with E-state index in [9.17, 15) is 14.7 Å². The predicted molar refractivity (Wildman–Crippen MR) is 142 cm³/mol. The zero-order chi connectivity index (χ0) is 25.9. The highest BCUT2D eigenvalue weighted by Gasteiger charge is 2.31. The molecule has 0 unspecified atom stereocenters. The molecule has 2 atom stereocenters. The number of benzene rings is 3. The molecule has 0 aliphatic heterocycles. The van der Waals surface area contributed by atoms with Crippen LogP contribution in [-0.4, -0.2) is 28.4 Å². The third-order valence-electron chi connectivity index (χ3n) is 4.99.